The van der Waals surface area contributed by atoms with Gasteiger partial charge in [-0.15, -0.1) is 0 Å². The fourth-order valence-corrected chi connectivity index (χ4v) is 9.79. The molecule has 14 nitrogen and oxygen atoms in total. The number of benzene rings is 3. The van der Waals surface area contributed by atoms with Crippen molar-refractivity contribution in [3.8, 4) is 11.5 Å². The minimum absolute atomic E-state index is 0.0377. The number of H-pyrrole nitrogens is 1. The second-order valence-electron chi connectivity index (χ2n) is 17.4. The molecule has 3 N–H and O–H groups in total. The number of amides is 1. The van der Waals surface area contributed by atoms with Gasteiger partial charge in [0.15, 0.2) is 0 Å². The molecule has 3 aliphatic rings. The third-order valence-electron chi connectivity index (χ3n) is 12.3. The minimum Gasteiger partial charge on any atom is -0.455 e. The Hall–Kier alpha value is -5.48. The molecule has 5 aromatic rings. The van der Waals surface area contributed by atoms with Crippen molar-refractivity contribution >= 4 is 61.2 Å². The Balaban J connectivity index is 1.02. The summed E-state index contributed by atoms with van der Waals surface area (Å²) in [6.45, 7) is 11.7. The minimum atomic E-state index is -4.56. The van der Waals surface area contributed by atoms with Crippen molar-refractivity contribution in [1.29, 1.82) is 0 Å². The van der Waals surface area contributed by atoms with Gasteiger partial charge >= 0.3 is 0 Å². The number of carbonyl (C=O) groups excluding carboxylic acids is 1. The van der Waals surface area contributed by atoms with Gasteiger partial charge in [-0.05, 0) is 110 Å². The van der Waals surface area contributed by atoms with E-state index in [9.17, 15) is 23.3 Å². The molecule has 2 aliphatic heterocycles. The third kappa shape index (κ3) is 9.91. The van der Waals surface area contributed by atoms with Crippen molar-refractivity contribution in [2.24, 2.45) is 11.3 Å². The highest BCUT2D eigenvalue weighted by Gasteiger charge is 2.32. The number of pyridine rings is 1. The standard InChI is InChI=1S/C46H52ClN7O7S/c1-30-28-53(19-18-52(30)29-34-12-16-46(2,3)25-40(34)32-4-6-35(47)7-5-32)36-8-10-39(43(23-36)61-37-22-33-13-17-48-44(33)50-27-37)45(55)51-62(58,59)38-9-11-41(42(24-38)54(56)57)49-26-31-14-20-60-21-15-31/h4-11,13,17,22-24,27,30-31,49H,12,14-16,18-21,25-26,28-29H2,1-3H3,(H,48,50)(H,51,55). The zero-order valence-corrected chi connectivity index (χ0v) is 36.7. The highest BCUT2D eigenvalue weighted by molar-refractivity contribution is 7.90. The van der Waals surface area contributed by atoms with E-state index >= 15 is 0 Å². The van der Waals surface area contributed by atoms with Crippen LogP contribution in [0.1, 0.15) is 68.8 Å². The SMILES string of the molecule is CC1CN(c2ccc(C(=O)NS(=O)(=O)c3ccc(NCC4CCOCC4)c([N+](=O)[O-])c3)c(Oc3cnc4[nH]ccc4c3)c2)CCN1CC1=C(c2ccc(Cl)cc2)CC(C)(C)CC1. The molecule has 0 saturated carbocycles. The molecule has 0 radical (unpaired) electrons. The molecule has 62 heavy (non-hydrogen) atoms. The van der Waals surface area contributed by atoms with Crippen LogP contribution in [0.4, 0.5) is 17.1 Å². The van der Waals surface area contributed by atoms with Gasteiger partial charge in [-0.3, -0.25) is 19.8 Å². The quantitative estimate of drug-likeness (QED) is 0.0761. The molecule has 1 amide bonds. The van der Waals surface area contributed by atoms with Crippen LogP contribution in [-0.2, 0) is 14.8 Å². The number of sulfonamides is 1. The maximum atomic E-state index is 14.0. The fourth-order valence-electron chi connectivity index (χ4n) is 8.68. The van der Waals surface area contributed by atoms with E-state index in [2.05, 4.69) is 62.7 Å². The van der Waals surface area contributed by atoms with Gasteiger partial charge in [0.25, 0.3) is 21.6 Å². The van der Waals surface area contributed by atoms with Crippen LogP contribution < -0.4 is 19.7 Å². The summed E-state index contributed by atoms with van der Waals surface area (Å²) in [7, 11) is -4.56. The highest BCUT2D eigenvalue weighted by atomic mass is 35.5. The summed E-state index contributed by atoms with van der Waals surface area (Å²) in [4.78, 5) is 37.2. The average molecular weight is 882 g/mol. The molecule has 4 heterocycles. The van der Waals surface area contributed by atoms with Gasteiger partial charge in [0.2, 0.25) is 0 Å². The first kappa shape index (κ1) is 43.2. The summed E-state index contributed by atoms with van der Waals surface area (Å²) in [5, 5.41) is 16.7. The normalized spacial score (nSPS) is 18.8. The molecule has 2 fully saturated rings. The second-order valence-corrected chi connectivity index (χ2v) is 19.5. The molecule has 0 bridgehead atoms. The average Bonchev–Trinajstić information content (AvgIpc) is 3.72. The first-order valence-electron chi connectivity index (χ1n) is 21.1. The maximum absolute atomic E-state index is 14.0. The fraction of sp³-hybridized carbons (Fsp3) is 0.391. The first-order valence-corrected chi connectivity index (χ1v) is 23.0. The van der Waals surface area contributed by atoms with E-state index in [-0.39, 0.29) is 34.4 Å². The molecular formula is C46H52ClN7O7S. The summed E-state index contributed by atoms with van der Waals surface area (Å²) in [6.07, 6.45) is 8.11. The summed E-state index contributed by atoms with van der Waals surface area (Å²) in [5.41, 5.74) is 5.53. The Morgan fingerprint density at radius 3 is 2.61 bits per heavy atom. The van der Waals surface area contributed by atoms with Gasteiger partial charge in [-0.2, -0.15) is 0 Å². The second kappa shape index (κ2) is 18.1. The number of nitrogens with one attached hydrogen (secondary N) is 3. The van der Waals surface area contributed by atoms with Crippen molar-refractivity contribution < 1.29 is 27.6 Å². The Labute approximate surface area is 366 Å². The zero-order valence-electron chi connectivity index (χ0n) is 35.2. The Morgan fingerprint density at radius 1 is 1.06 bits per heavy atom. The van der Waals surface area contributed by atoms with Crippen LogP contribution in [0.5, 0.6) is 11.5 Å². The highest BCUT2D eigenvalue weighted by Crippen LogP contribution is 2.44. The molecule has 1 unspecified atom stereocenters. The molecule has 16 heteroatoms. The van der Waals surface area contributed by atoms with Crippen LogP contribution in [0.2, 0.25) is 5.02 Å². The van der Waals surface area contributed by atoms with Crippen LogP contribution >= 0.6 is 11.6 Å². The number of nitro benzene ring substituents is 1. The number of allylic oxidation sites excluding steroid dienone is 1. The van der Waals surface area contributed by atoms with Crippen LogP contribution in [-0.4, -0.2) is 86.1 Å². The van der Waals surface area contributed by atoms with Crippen molar-refractivity contribution in [3.05, 3.63) is 117 Å². The number of hydrogen-bond acceptors (Lipinski definition) is 11. The number of piperazine rings is 1. The molecule has 1 aliphatic carbocycles. The summed E-state index contributed by atoms with van der Waals surface area (Å²) in [6, 6.07) is 20.7. The summed E-state index contributed by atoms with van der Waals surface area (Å²) >= 11 is 6.26. The molecular weight excluding hydrogens is 830 g/mol. The lowest BCUT2D eigenvalue weighted by molar-refractivity contribution is -0.384. The number of nitro groups is 1. The molecule has 8 rings (SSSR count). The van der Waals surface area contributed by atoms with Crippen LogP contribution in [0.3, 0.4) is 0 Å². The van der Waals surface area contributed by atoms with Gasteiger partial charge < -0.3 is 24.7 Å². The molecule has 1 atom stereocenters. The van der Waals surface area contributed by atoms with Crippen molar-refractivity contribution in [2.45, 2.75) is 63.8 Å². The smallest absolute Gasteiger partial charge is 0.293 e. The van der Waals surface area contributed by atoms with Gasteiger partial charge in [0.1, 0.15) is 22.8 Å². The van der Waals surface area contributed by atoms with Gasteiger partial charge in [-0.25, -0.2) is 18.1 Å². The number of hydrogen-bond donors (Lipinski definition) is 3. The zero-order chi connectivity index (χ0) is 43.6. The Morgan fingerprint density at radius 2 is 1.85 bits per heavy atom. The molecule has 326 valence electrons. The summed E-state index contributed by atoms with van der Waals surface area (Å²) in [5.74, 6) is -0.202. The van der Waals surface area contributed by atoms with E-state index in [0.717, 1.165) is 67.4 Å². The first-order chi connectivity index (χ1) is 29.7. The summed E-state index contributed by atoms with van der Waals surface area (Å²) < 4.78 is 41.3. The lowest BCUT2D eigenvalue weighted by Crippen LogP contribution is -2.52. The van der Waals surface area contributed by atoms with Crippen LogP contribution in [0.15, 0.2) is 95.7 Å². The van der Waals surface area contributed by atoms with E-state index in [1.54, 1.807) is 30.5 Å². The molecule has 3 aromatic carbocycles. The number of anilines is 2. The maximum Gasteiger partial charge on any atom is 0.293 e. The topological polar surface area (TPSA) is 172 Å². The number of carbonyl (C=O) groups is 1. The van der Waals surface area contributed by atoms with Gasteiger partial charge in [-0.1, -0.05) is 43.2 Å². The third-order valence-corrected chi connectivity index (χ3v) is 13.9. The predicted octanol–water partition coefficient (Wildman–Crippen LogP) is 9.05. The Kier molecular flexibility index (Phi) is 12.6. The van der Waals surface area contributed by atoms with Crippen molar-refractivity contribution in [2.75, 3.05) is 56.2 Å². The number of aromatic amines is 1. The number of halogens is 1. The molecule has 0 spiro atoms. The van der Waals surface area contributed by atoms with E-state index in [1.165, 1.54) is 35.0 Å². The number of fused-ring (bicyclic) bond motifs is 1. The number of nitrogens with zero attached hydrogens (tertiary/aromatic N) is 4. The lowest BCUT2D eigenvalue weighted by atomic mass is 9.72. The van der Waals surface area contributed by atoms with E-state index in [0.29, 0.717) is 44.2 Å². The lowest BCUT2D eigenvalue weighted by Gasteiger charge is -2.43. The van der Waals surface area contributed by atoms with E-state index in [1.807, 2.05) is 18.2 Å². The number of aromatic nitrogens is 2. The van der Waals surface area contributed by atoms with Crippen molar-refractivity contribution in [3.63, 3.8) is 0 Å². The molecule has 2 saturated heterocycles. The predicted molar refractivity (Wildman–Crippen MR) is 242 cm³/mol. The van der Waals surface area contributed by atoms with E-state index < -0.39 is 31.4 Å². The Bertz CT molecular complexity index is 2610. The number of ether oxygens (including phenoxy) is 2. The van der Waals surface area contributed by atoms with Crippen LogP contribution in [0, 0.1) is 21.4 Å². The van der Waals surface area contributed by atoms with Gasteiger partial charge in [0, 0.05) is 86.4 Å². The molecule has 2 aromatic heterocycles. The van der Waals surface area contributed by atoms with Gasteiger partial charge in [0.05, 0.1) is 21.6 Å². The van der Waals surface area contributed by atoms with E-state index in [4.69, 9.17) is 21.1 Å². The monoisotopic (exact) mass is 881 g/mol. The van der Waals surface area contributed by atoms with Crippen molar-refractivity contribution in [1.82, 2.24) is 19.6 Å². The van der Waals surface area contributed by atoms with Crippen LogP contribution in [0.25, 0.3) is 16.6 Å². The largest absolute Gasteiger partial charge is 0.455 e. The number of rotatable bonds is 13.